The zero-order chi connectivity index (χ0) is 26.7. The molecule has 0 unspecified atom stereocenters. The highest BCUT2D eigenvalue weighted by molar-refractivity contribution is 6.31. The summed E-state index contributed by atoms with van der Waals surface area (Å²) in [5.74, 6) is -2.26. The second kappa shape index (κ2) is 11.1. The monoisotopic (exact) mass is 532 g/mol. The number of amides is 2. The number of ether oxygens (including phenoxy) is 1. The van der Waals surface area contributed by atoms with Crippen molar-refractivity contribution in [3.63, 3.8) is 0 Å². The Morgan fingerprint density at radius 3 is 2.54 bits per heavy atom. The van der Waals surface area contributed by atoms with E-state index in [0.717, 1.165) is 12.1 Å². The number of rotatable bonds is 8. The zero-order valence-corrected chi connectivity index (χ0v) is 20.5. The van der Waals surface area contributed by atoms with Gasteiger partial charge in [-0.1, -0.05) is 17.7 Å². The molecule has 1 aromatic heterocycles. The first-order valence-electron chi connectivity index (χ1n) is 11.2. The van der Waals surface area contributed by atoms with Gasteiger partial charge in [-0.15, -0.1) is 0 Å². The quantitative estimate of drug-likeness (QED) is 0.461. The van der Waals surface area contributed by atoms with Crippen LogP contribution < -0.4 is 25.4 Å². The molecule has 0 atom stereocenters. The number of benzene rings is 2. The molecule has 2 N–H and O–H groups in total. The predicted octanol–water partition coefficient (Wildman–Crippen LogP) is 2.26. The molecule has 0 radical (unpaired) electrons. The number of pyridine rings is 1. The summed E-state index contributed by atoms with van der Waals surface area (Å²) >= 11 is 6.22. The average Bonchev–Trinajstić information content (AvgIpc) is 3.26. The minimum absolute atomic E-state index is 0.0366. The van der Waals surface area contributed by atoms with Crippen LogP contribution in [0.2, 0.25) is 5.02 Å². The van der Waals surface area contributed by atoms with E-state index in [-0.39, 0.29) is 48.6 Å². The molecule has 1 aliphatic rings. The normalized spacial score (nSPS) is 12.6. The second-order valence-electron chi connectivity index (χ2n) is 8.25. The van der Waals surface area contributed by atoms with E-state index >= 15 is 0 Å². The summed E-state index contributed by atoms with van der Waals surface area (Å²) < 4.78 is 33.8. The maximum atomic E-state index is 13.9. The van der Waals surface area contributed by atoms with Crippen molar-refractivity contribution in [3.8, 4) is 5.75 Å². The summed E-state index contributed by atoms with van der Waals surface area (Å²) in [6.07, 6.45) is 1.46. The Morgan fingerprint density at radius 2 is 1.84 bits per heavy atom. The smallest absolute Gasteiger partial charge is 0.273 e. The molecule has 2 heterocycles. The van der Waals surface area contributed by atoms with Crippen LogP contribution in [-0.4, -0.2) is 48.4 Å². The molecule has 3 aromatic rings. The molecule has 4 rings (SSSR count). The fraction of sp³-hybridized carbons (Fsp3) is 0.240. The van der Waals surface area contributed by atoms with E-state index in [1.807, 2.05) is 0 Å². The summed E-state index contributed by atoms with van der Waals surface area (Å²) in [5, 5.41) is 11.9. The van der Waals surface area contributed by atoms with Crippen molar-refractivity contribution in [2.24, 2.45) is 0 Å². The van der Waals surface area contributed by atoms with Crippen LogP contribution >= 0.6 is 11.6 Å². The second-order valence-corrected chi connectivity index (χ2v) is 8.63. The van der Waals surface area contributed by atoms with Crippen LogP contribution in [0.1, 0.15) is 11.1 Å². The van der Waals surface area contributed by atoms with Gasteiger partial charge in [0.2, 0.25) is 5.91 Å². The summed E-state index contributed by atoms with van der Waals surface area (Å²) in [5.41, 5.74) is 1.14. The number of nitrogens with one attached hydrogen (secondary N) is 1. The Kier molecular flexibility index (Phi) is 7.86. The molecule has 0 aliphatic carbocycles. The number of likely N-dealkylation sites (N-methyl/N-ethyl adjacent to an activating group) is 1. The number of carbonyl (C=O) groups excluding carboxylic acids is 2. The van der Waals surface area contributed by atoms with Crippen LogP contribution in [0.4, 0.5) is 20.2 Å². The van der Waals surface area contributed by atoms with E-state index < -0.39 is 29.7 Å². The van der Waals surface area contributed by atoms with Gasteiger partial charge in [0.25, 0.3) is 11.5 Å². The molecule has 194 valence electrons. The van der Waals surface area contributed by atoms with Crippen molar-refractivity contribution < 1.29 is 28.2 Å². The molecule has 0 saturated heterocycles. The lowest BCUT2D eigenvalue weighted by atomic mass is 10.1. The van der Waals surface area contributed by atoms with Gasteiger partial charge < -0.3 is 19.7 Å². The lowest BCUT2D eigenvalue weighted by molar-refractivity contribution is -0.121. The Balaban J connectivity index is 1.56. The molecule has 0 spiro atoms. The maximum Gasteiger partial charge on any atom is 0.273 e. The van der Waals surface area contributed by atoms with E-state index in [1.54, 1.807) is 25.2 Å². The fourth-order valence-corrected chi connectivity index (χ4v) is 4.15. The van der Waals surface area contributed by atoms with Crippen molar-refractivity contribution in [3.05, 3.63) is 86.8 Å². The Bertz CT molecular complexity index is 1410. The number of nitrogens with zero attached hydrogens (tertiary/aromatic N) is 3. The molecular weight excluding hydrogens is 510 g/mol. The van der Waals surface area contributed by atoms with Gasteiger partial charge in [0, 0.05) is 17.8 Å². The van der Waals surface area contributed by atoms with Crippen LogP contribution in [0.15, 0.2) is 53.5 Å². The van der Waals surface area contributed by atoms with Crippen LogP contribution in [-0.2, 0) is 22.7 Å². The van der Waals surface area contributed by atoms with Gasteiger partial charge in [0.1, 0.15) is 42.3 Å². The first-order chi connectivity index (χ1) is 17.7. The largest absolute Gasteiger partial charge is 0.487 e. The van der Waals surface area contributed by atoms with Gasteiger partial charge in [-0.2, -0.15) is 0 Å². The third-order valence-corrected chi connectivity index (χ3v) is 6.14. The molecule has 0 bridgehead atoms. The highest BCUT2D eigenvalue weighted by Crippen LogP contribution is 2.37. The Morgan fingerprint density at radius 1 is 1.08 bits per heavy atom. The Labute approximate surface area is 215 Å². The number of hydrogen-bond acceptors (Lipinski definition) is 6. The molecule has 37 heavy (non-hydrogen) atoms. The minimum atomic E-state index is -0.775. The van der Waals surface area contributed by atoms with Crippen LogP contribution in [0.5, 0.6) is 5.75 Å². The standard InChI is InChI=1S/C25H23ClF2N4O5/c1-29-10-22(34)32-14-31(23(35)12-33)19-5-2-15(8-20(19)32)11-30-7-6-21(24(26)25(30)36)37-13-16-3-4-17(27)9-18(16)28/h2-9,29,33H,10-14H2,1H3. The van der Waals surface area contributed by atoms with Gasteiger partial charge in [0.05, 0.1) is 24.5 Å². The van der Waals surface area contributed by atoms with Crippen LogP contribution in [0.3, 0.4) is 0 Å². The Hall–Kier alpha value is -3.80. The number of aromatic nitrogens is 1. The number of aliphatic hydroxyl groups is 1. The van der Waals surface area contributed by atoms with Crippen molar-refractivity contribution in [2.45, 2.75) is 13.2 Å². The lowest BCUT2D eigenvalue weighted by Crippen LogP contribution is -2.42. The van der Waals surface area contributed by atoms with E-state index in [9.17, 15) is 28.3 Å². The minimum Gasteiger partial charge on any atom is -0.487 e. The predicted molar refractivity (Wildman–Crippen MR) is 133 cm³/mol. The summed E-state index contributed by atoms with van der Waals surface area (Å²) in [6.45, 7) is -0.847. The van der Waals surface area contributed by atoms with Gasteiger partial charge in [-0.3, -0.25) is 24.2 Å². The first kappa shape index (κ1) is 26.3. The van der Waals surface area contributed by atoms with E-state index in [4.69, 9.17) is 16.3 Å². The lowest BCUT2D eigenvalue weighted by Gasteiger charge is -2.18. The van der Waals surface area contributed by atoms with Crippen molar-refractivity contribution in [2.75, 3.05) is 36.7 Å². The molecule has 9 nitrogen and oxygen atoms in total. The molecule has 2 aromatic carbocycles. The number of hydrogen-bond donors (Lipinski definition) is 2. The van der Waals surface area contributed by atoms with E-state index in [2.05, 4.69) is 5.32 Å². The van der Waals surface area contributed by atoms with Crippen LogP contribution in [0, 0.1) is 11.6 Å². The molecule has 1 aliphatic heterocycles. The average molecular weight is 533 g/mol. The number of carbonyl (C=O) groups is 2. The third kappa shape index (κ3) is 5.48. The van der Waals surface area contributed by atoms with Crippen molar-refractivity contribution >= 4 is 34.8 Å². The highest BCUT2D eigenvalue weighted by atomic mass is 35.5. The van der Waals surface area contributed by atoms with Gasteiger partial charge >= 0.3 is 0 Å². The summed E-state index contributed by atoms with van der Waals surface area (Å²) in [4.78, 5) is 40.4. The fourth-order valence-electron chi connectivity index (χ4n) is 3.92. The van der Waals surface area contributed by atoms with Gasteiger partial charge in [-0.05, 0) is 42.9 Å². The molecule has 0 fully saturated rings. The first-order valence-corrected chi connectivity index (χ1v) is 11.6. The molecular formula is C25H23ClF2N4O5. The highest BCUT2D eigenvalue weighted by Gasteiger charge is 2.33. The summed E-state index contributed by atoms with van der Waals surface area (Å²) in [7, 11) is 1.63. The molecule has 0 saturated carbocycles. The number of fused-ring (bicyclic) bond motifs is 1. The summed E-state index contributed by atoms with van der Waals surface area (Å²) in [6, 6.07) is 9.58. The number of anilines is 2. The SMILES string of the molecule is CNCC(=O)N1CN(C(=O)CO)c2ccc(Cn3ccc(OCc4ccc(F)cc4F)c(Cl)c3=O)cc21. The van der Waals surface area contributed by atoms with Crippen molar-refractivity contribution in [1.29, 1.82) is 0 Å². The third-order valence-electron chi connectivity index (χ3n) is 5.79. The van der Waals surface area contributed by atoms with Gasteiger partial charge in [-0.25, -0.2) is 8.78 Å². The number of aliphatic hydroxyl groups excluding tert-OH is 1. The van der Waals surface area contributed by atoms with Gasteiger partial charge in [0.15, 0.2) is 0 Å². The zero-order valence-electron chi connectivity index (χ0n) is 19.7. The maximum absolute atomic E-state index is 13.9. The van der Waals surface area contributed by atoms with Crippen molar-refractivity contribution in [1.82, 2.24) is 9.88 Å². The number of halogens is 3. The van der Waals surface area contributed by atoms with E-state index in [1.165, 1.54) is 32.7 Å². The topological polar surface area (TPSA) is 104 Å². The molecule has 2 amide bonds. The van der Waals surface area contributed by atoms with Crippen LogP contribution in [0.25, 0.3) is 0 Å². The molecule has 12 heteroatoms. The van der Waals surface area contributed by atoms with E-state index in [0.29, 0.717) is 16.9 Å².